The Labute approximate surface area is 209 Å². The van der Waals surface area contributed by atoms with Gasteiger partial charge in [0.25, 0.3) is 0 Å². The number of carboxylic acids is 1. The summed E-state index contributed by atoms with van der Waals surface area (Å²) in [5.74, 6) is -3.45. The first-order valence-corrected chi connectivity index (χ1v) is 13.5. The Kier molecular flexibility index (Phi) is 7.46. The maximum Gasteiger partial charge on any atom is 0.310 e. The number of hydrogen-bond acceptors (Lipinski definition) is 5. The summed E-state index contributed by atoms with van der Waals surface area (Å²) in [6.45, 7) is 7.93. The molecular formula is C25H37BrN2O6. The molecular weight excluding hydrogens is 504 g/mol. The van der Waals surface area contributed by atoms with E-state index in [0.717, 1.165) is 32.1 Å². The number of rotatable bonds is 9. The topological polar surface area (TPSA) is 107 Å². The summed E-state index contributed by atoms with van der Waals surface area (Å²) in [4.78, 5) is 43.6. The predicted molar refractivity (Wildman–Crippen MR) is 129 cm³/mol. The molecule has 9 heteroatoms. The van der Waals surface area contributed by atoms with Gasteiger partial charge < -0.3 is 24.7 Å². The second-order valence-corrected chi connectivity index (χ2v) is 12.0. The first-order chi connectivity index (χ1) is 16.2. The average molecular weight is 541 g/mol. The van der Waals surface area contributed by atoms with Crippen LogP contribution in [0.2, 0.25) is 0 Å². The number of carboxylic acid groups (broad SMARTS) is 1. The molecule has 0 aromatic carbocycles. The van der Waals surface area contributed by atoms with Crippen molar-refractivity contribution in [2.75, 3.05) is 13.2 Å². The molecule has 1 unspecified atom stereocenters. The van der Waals surface area contributed by atoms with Crippen molar-refractivity contribution in [3.8, 4) is 0 Å². The fraction of sp³-hybridized carbons (Fsp3) is 0.800. The molecule has 4 fully saturated rings. The molecule has 190 valence electrons. The van der Waals surface area contributed by atoms with E-state index in [0.29, 0.717) is 19.4 Å². The maximum atomic E-state index is 14.4. The van der Waals surface area contributed by atoms with Crippen LogP contribution in [0.3, 0.4) is 0 Å². The van der Waals surface area contributed by atoms with Gasteiger partial charge in [0.15, 0.2) is 0 Å². The molecule has 34 heavy (non-hydrogen) atoms. The van der Waals surface area contributed by atoms with E-state index in [1.807, 2.05) is 18.7 Å². The Bertz CT molecular complexity index is 830. The van der Waals surface area contributed by atoms with Gasteiger partial charge in [-0.2, -0.15) is 0 Å². The van der Waals surface area contributed by atoms with Crippen LogP contribution >= 0.6 is 15.9 Å². The summed E-state index contributed by atoms with van der Waals surface area (Å²) in [6, 6.07) is -1.49. The molecule has 2 amide bonds. The highest BCUT2D eigenvalue weighted by Crippen LogP contribution is 2.60. The number of carbonyl (C=O) groups is 3. The third-order valence-electron chi connectivity index (χ3n) is 8.22. The number of alkyl halides is 1. The van der Waals surface area contributed by atoms with Gasteiger partial charge in [-0.1, -0.05) is 55.1 Å². The van der Waals surface area contributed by atoms with Crippen LogP contribution in [0.5, 0.6) is 0 Å². The van der Waals surface area contributed by atoms with Crippen molar-refractivity contribution >= 4 is 33.7 Å². The number of likely N-dealkylation sites (tertiary alicyclic amines) is 1. The molecule has 2 N–H and O–H groups in total. The molecule has 2 bridgehead atoms. The molecule has 0 radical (unpaired) electrons. The highest BCUT2D eigenvalue weighted by molar-refractivity contribution is 9.09. The lowest BCUT2D eigenvalue weighted by molar-refractivity contribution is -0.154. The van der Waals surface area contributed by atoms with Crippen LogP contribution in [-0.2, 0) is 19.1 Å². The van der Waals surface area contributed by atoms with Gasteiger partial charge >= 0.3 is 5.97 Å². The molecule has 3 saturated heterocycles. The average Bonchev–Trinajstić information content (AvgIpc) is 3.39. The molecule has 8 nitrogen and oxygen atoms in total. The van der Waals surface area contributed by atoms with Crippen molar-refractivity contribution < 1.29 is 29.3 Å². The molecule has 4 aliphatic rings. The minimum absolute atomic E-state index is 0.0537. The predicted octanol–water partition coefficient (Wildman–Crippen LogP) is 2.57. The summed E-state index contributed by atoms with van der Waals surface area (Å²) in [6.07, 6.45) is 6.97. The number of aliphatic hydroxyl groups is 1. The van der Waals surface area contributed by atoms with Crippen LogP contribution in [0, 0.1) is 17.8 Å². The van der Waals surface area contributed by atoms with Gasteiger partial charge in [-0.3, -0.25) is 14.4 Å². The lowest BCUT2D eigenvalue weighted by Crippen LogP contribution is -2.60. The minimum atomic E-state index is -1.21. The SMILES string of the molecule is C=CCN(C(=O)[C@H]1N([C@@H](CO)CC(C)C)C(=O)[C@@H]2[C@@H](C(=O)O)[C@@H]3O[C@@]21CC3Br)C1CCCCC1. The van der Waals surface area contributed by atoms with E-state index in [1.165, 1.54) is 4.90 Å². The molecule has 1 spiro atoms. The number of aliphatic hydroxyl groups excluding tert-OH is 1. The first kappa shape index (κ1) is 25.6. The molecule has 3 aliphatic heterocycles. The van der Waals surface area contributed by atoms with Gasteiger partial charge in [-0.25, -0.2) is 0 Å². The highest BCUT2D eigenvalue weighted by atomic mass is 79.9. The van der Waals surface area contributed by atoms with Crippen LogP contribution in [-0.4, -0.2) is 85.6 Å². The lowest BCUT2D eigenvalue weighted by atomic mass is 9.70. The highest BCUT2D eigenvalue weighted by Gasteiger charge is 2.77. The van der Waals surface area contributed by atoms with Gasteiger partial charge in [0.2, 0.25) is 11.8 Å². The second kappa shape index (κ2) is 9.90. The number of amides is 2. The van der Waals surface area contributed by atoms with E-state index >= 15 is 0 Å². The number of carbonyl (C=O) groups excluding carboxylic acids is 2. The van der Waals surface area contributed by atoms with Gasteiger partial charge in [0, 0.05) is 17.4 Å². The maximum absolute atomic E-state index is 14.4. The second-order valence-electron chi connectivity index (χ2n) is 10.8. The van der Waals surface area contributed by atoms with Crippen molar-refractivity contribution in [3.05, 3.63) is 12.7 Å². The Morgan fingerprint density at radius 2 is 2.00 bits per heavy atom. The summed E-state index contributed by atoms with van der Waals surface area (Å²) in [5, 5.41) is 20.3. The van der Waals surface area contributed by atoms with Crippen molar-refractivity contribution in [1.82, 2.24) is 9.80 Å². The normalized spacial score (nSPS) is 36.1. The van der Waals surface area contributed by atoms with Gasteiger partial charge in [-0.05, 0) is 31.6 Å². The van der Waals surface area contributed by atoms with Crippen molar-refractivity contribution in [1.29, 1.82) is 0 Å². The van der Waals surface area contributed by atoms with Gasteiger partial charge in [0.1, 0.15) is 11.6 Å². The standard InChI is InChI=1S/C25H37BrN2O6/c1-4-10-27(15-8-6-5-7-9-15)23(31)21-25-12-17(26)20(34-25)18(24(32)33)19(25)22(30)28(21)16(13-29)11-14(2)3/h4,14-21,29H,1,5-13H2,2-3H3,(H,32,33)/t16-,17?,18-,19+,20-,21-,25+/m1/s1. The van der Waals surface area contributed by atoms with Crippen LogP contribution in [0.1, 0.15) is 58.8 Å². The Morgan fingerprint density at radius 3 is 2.56 bits per heavy atom. The number of hydrogen-bond donors (Lipinski definition) is 2. The summed E-state index contributed by atoms with van der Waals surface area (Å²) in [5.41, 5.74) is -1.21. The minimum Gasteiger partial charge on any atom is -0.481 e. The summed E-state index contributed by atoms with van der Waals surface area (Å²) in [7, 11) is 0. The van der Waals surface area contributed by atoms with E-state index in [2.05, 4.69) is 22.5 Å². The van der Waals surface area contributed by atoms with Crippen LogP contribution in [0.25, 0.3) is 0 Å². The van der Waals surface area contributed by atoms with Crippen molar-refractivity contribution in [2.45, 2.75) is 93.5 Å². The van der Waals surface area contributed by atoms with E-state index in [4.69, 9.17) is 4.74 Å². The third kappa shape index (κ3) is 4.01. The van der Waals surface area contributed by atoms with E-state index in [1.54, 1.807) is 6.08 Å². The van der Waals surface area contributed by atoms with Crippen LogP contribution in [0.4, 0.5) is 0 Å². The van der Waals surface area contributed by atoms with Crippen molar-refractivity contribution in [2.24, 2.45) is 17.8 Å². The van der Waals surface area contributed by atoms with Crippen LogP contribution < -0.4 is 0 Å². The molecule has 7 atom stereocenters. The molecule has 3 heterocycles. The lowest BCUT2D eigenvalue weighted by Gasteiger charge is -2.42. The Hall–Kier alpha value is -1.45. The summed E-state index contributed by atoms with van der Waals surface area (Å²) < 4.78 is 6.37. The number of halogens is 1. The van der Waals surface area contributed by atoms with E-state index < -0.39 is 41.6 Å². The molecule has 1 saturated carbocycles. The fourth-order valence-corrected chi connectivity index (χ4v) is 7.89. The number of aliphatic carboxylic acids is 1. The molecule has 0 aromatic rings. The fourth-order valence-electron chi connectivity index (χ4n) is 6.95. The molecule has 1 aliphatic carbocycles. The largest absolute Gasteiger partial charge is 0.481 e. The summed E-state index contributed by atoms with van der Waals surface area (Å²) >= 11 is 3.58. The monoisotopic (exact) mass is 540 g/mol. The zero-order valence-electron chi connectivity index (χ0n) is 20.1. The Morgan fingerprint density at radius 1 is 1.32 bits per heavy atom. The van der Waals surface area contributed by atoms with Crippen LogP contribution in [0.15, 0.2) is 12.7 Å². The van der Waals surface area contributed by atoms with Gasteiger partial charge in [-0.15, -0.1) is 6.58 Å². The number of fused-ring (bicyclic) bond motifs is 1. The first-order valence-electron chi connectivity index (χ1n) is 12.6. The third-order valence-corrected chi connectivity index (χ3v) is 9.06. The quantitative estimate of drug-likeness (QED) is 0.343. The van der Waals surface area contributed by atoms with Crippen molar-refractivity contribution in [3.63, 3.8) is 0 Å². The van der Waals surface area contributed by atoms with E-state index in [9.17, 15) is 24.6 Å². The smallest absolute Gasteiger partial charge is 0.310 e. The molecule has 4 rings (SSSR count). The zero-order valence-corrected chi connectivity index (χ0v) is 21.7. The molecule has 0 aromatic heterocycles. The number of nitrogens with zero attached hydrogens (tertiary/aromatic N) is 2. The Balaban J connectivity index is 1.80. The number of ether oxygens (including phenoxy) is 1. The zero-order chi connectivity index (χ0) is 24.8. The van der Waals surface area contributed by atoms with Gasteiger partial charge in [0.05, 0.1) is 30.6 Å². The van der Waals surface area contributed by atoms with E-state index in [-0.39, 0.29) is 35.2 Å².